The Morgan fingerprint density at radius 2 is 2.00 bits per heavy atom. The van der Waals surface area contributed by atoms with Gasteiger partial charge in [-0.25, -0.2) is 4.79 Å². The molecule has 0 saturated carbocycles. The highest BCUT2D eigenvalue weighted by molar-refractivity contribution is 6.59. The lowest BCUT2D eigenvalue weighted by Gasteiger charge is -2.26. The van der Waals surface area contributed by atoms with Crippen LogP contribution in [0.5, 0.6) is 0 Å². The van der Waals surface area contributed by atoms with Crippen molar-refractivity contribution in [3.8, 4) is 0 Å². The van der Waals surface area contributed by atoms with Crippen LogP contribution >= 0.6 is 0 Å². The average molecular weight is 262 g/mol. The van der Waals surface area contributed by atoms with E-state index in [4.69, 9.17) is 18.0 Å². The Balaban J connectivity index is 3.76. The maximum Gasteiger partial charge on any atom is 0.497 e. The predicted molar refractivity (Wildman–Crippen MR) is 66.6 cm³/mol. The Labute approximate surface area is 104 Å². The first-order valence-electron chi connectivity index (χ1n) is 5.54. The summed E-state index contributed by atoms with van der Waals surface area (Å²) in [7, 11) is 0.682. The van der Waals surface area contributed by atoms with Crippen molar-refractivity contribution in [2.45, 2.75) is 32.4 Å². The number of hydrogen-bond donors (Lipinski definition) is 0. The number of ether oxygens (including phenoxy) is 1. The smallest absolute Gasteiger partial charge is 0.463 e. The minimum atomic E-state index is -2.47. The van der Waals surface area contributed by atoms with Crippen molar-refractivity contribution in [1.82, 2.24) is 0 Å². The van der Waals surface area contributed by atoms with Gasteiger partial charge in [0, 0.05) is 32.9 Å². The molecular formula is C11H22O5Si. The Morgan fingerprint density at radius 3 is 2.47 bits per heavy atom. The zero-order chi connectivity index (χ0) is 13.3. The number of carbonyl (C=O) groups excluding carboxylic acids is 1. The minimum absolute atomic E-state index is 0.00833. The fraction of sp³-hybridized carbons (Fsp3) is 0.727. The third-order valence-corrected chi connectivity index (χ3v) is 4.64. The SMILES string of the molecule is C=CC(=O)OCCCC(C)O[Si](C)(OC)OC. The lowest BCUT2D eigenvalue weighted by Crippen LogP contribution is -2.43. The average Bonchev–Trinajstić information content (AvgIpc) is 2.34. The fourth-order valence-electron chi connectivity index (χ4n) is 1.21. The predicted octanol–water partition coefficient (Wildman–Crippen LogP) is 1.76. The Hall–Kier alpha value is -0.693. The second kappa shape index (κ2) is 8.41. The molecule has 0 aliphatic heterocycles. The first-order valence-corrected chi connectivity index (χ1v) is 7.77. The van der Waals surface area contributed by atoms with Crippen molar-refractivity contribution in [2.75, 3.05) is 20.8 Å². The van der Waals surface area contributed by atoms with Gasteiger partial charge in [0.05, 0.1) is 6.61 Å². The summed E-state index contributed by atoms with van der Waals surface area (Å²) >= 11 is 0. The van der Waals surface area contributed by atoms with Crippen LogP contribution in [-0.4, -0.2) is 41.7 Å². The van der Waals surface area contributed by atoms with Gasteiger partial charge in [-0.05, 0) is 19.8 Å². The highest BCUT2D eigenvalue weighted by atomic mass is 28.4. The quantitative estimate of drug-likeness (QED) is 0.274. The van der Waals surface area contributed by atoms with E-state index in [9.17, 15) is 4.79 Å². The van der Waals surface area contributed by atoms with Gasteiger partial charge in [0.1, 0.15) is 0 Å². The second-order valence-electron chi connectivity index (χ2n) is 3.71. The molecule has 1 unspecified atom stereocenters. The summed E-state index contributed by atoms with van der Waals surface area (Å²) in [6, 6.07) is 0. The molecule has 0 amide bonds. The number of carbonyl (C=O) groups is 1. The maximum atomic E-state index is 10.8. The summed E-state index contributed by atoms with van der Waals surface area (Å²) in [6.45, 7) is 7.47. The summed E-state index contributed by atoms with van der Waals surface area (Å²) in [5.74, 6) is -0.397. The van der Waals surface area contributed by atoms with Crippen molar-refractivity contribution >= 4 is 14.8 Å². The van der Waals surface area contributed by atoms with Gasteiger partial charge >= 0.3 is 14.8 Å². The van der Waals surface area contributed by atoms with Gasteiger partial charge in [-0.3, -0.25) is 0 Å². The van der Waals surface area contributed by atoms with Gasteiger partial charge < -0.3 is 18.0 Å². The fourth-order valence-corrected chi connectivity index (χ4v) is 2.41. The molecule has 0 radical (unpaired) electrons. The van der Waals surface area contributed by atoms with E-state index in [-0.39, 0.29) is 6.10 Å². The Bertz CT molecular complexity index is 240. The van der Waals surface area contributed by atoms with Crippen LogP contribution in [-0.2, 0) is 22.8 Å². The van der Waals surface area contributed by atoms with Crippen LogP contribution in [0.2, 0.25) is 6.55 Å². The normalized spacial score (nSPS) is 13.2. The molecule has 100 valence electrons. The summed E-state index contributed by atoms with van der Waals surface area (Å²) in [5, 5.41) is 0. The molecule has 0 rings (SSSR count). The van der Waals surface area contributed by atoms with Crippen LogP contribution in [0.15, 0.2) is 12.7 Å². The molecule has 0 aliphatic rings. The van der Waals surface area contributed by atoms with Crippen molar-refractivity contribution in [3.05, 3.63) is 12.7 Å². The van der Waals surface area contributed by atoms with Crippen molar-refractivity contribution in [3.63, 3.8) is 0 Å². The van der Waals surface area contributed by atoms with Crippen molar-refractivity contribution in [1.29, 1.82) is 0 Å². The standard InChI is InChI=1S/C11H22O5Si/c1-6-11(12)15-9-7-8-10(2)16-17(5,13-3)14-4/h6,10H,1,7-9H2,2-5H3. The molecule has 0 N–H and O–H groups in total. The van der Waals surface area contributed by atoms with Gasteiger partial charge in [0.25, 0.3) is 0 Å². The minimum Gasteiger partial charge on any atom is -0.463 e. The van der Waals surface area contributed by atoms with Gasteiger partial charge in [-0.1, -0.05) is 6.58 Å². The molecule has 0 heterocycles. The highest BCUT2D eigenvalue weighted by Gasteiger charge is 2.33. The lowest BCUT2D eigenvalue weighted by atomic mass is 10.2. The summed E-state index contributed by atoms with van der Waals surface area (Å²) in [6.07, 6.45) is 2.67. The number of esters is 1. The monoisotopic (exact) mass is 262 g/mol. The van der Waals surface area contributed by atoms with Gasteiger partial charge in [0.2, 0.25) is 0 Å². The molecule has 0 spiro atoms. The molecule has 0 saturated heterocycles. The van der Waals surface area contributed by atoms with Crippen LogP contribution in [0, 0.1) is 0 Å². The van der Waals surface area contributed by atoms with Crippen LogP contribution < -0.4 is 0 Å². The molecule has 0 aromatic carbocycles. The molecule has 0 aliphatic carbocycles. The zero-order valence-corrected chi connectivity index (χ0v) is 12.0. The molecule has 17 heavy (non-hydrogen) atoms. The Kier molecular flexibility index (Phi) is 8.06. The molecule has 0 aromatic heterocycles. The van der Waals surface area contributed by atoms with E-state index in [0.29, 0.717) is 6.61 Å². The van der Waals surface area contributed by atoms with Crippen LogP contribution in [0.25, 0.3) is 0 Å². The summed E-state index contributed by atoms with van der Waals surface area (Å²) in [5.41, 5.74) is 0. The van der Waals surface area contributed by atoms with E-state index >= 15 is 0 Å². The third-order valence-electron chi connectivity index (χ3n) is 2.32. The van der Waals surface area contributed by atoms with E-state index in [1.807, 2.05) is 13.5 Å². The number of rotatable bonds is 9. The molecule has 0 fully saturated rings. The molecule has 6 heteroatoms. The zero-order valence-electron chi connectivity index (χ0n) is 11.0. The van der Waals surface area contributed by atoms with E-state index in [1.54, 1.807) is 14.2 Å². The Morgan fingerprint density at radius 1 is 1.41 bits per heavy atom. The second-order valence-corrected chi connectivity index (χ2v) is 6.49. The largest absolute Gasteiger partial charge is 0.497 e. The molecule has 0 bridgehead atoms. The van der Waals surface area contributed by atoms with Crippen LogP contribution in [0.1, 0.15) is 19.8 Å². The van der Waals surface area contributed by atoms with Gasteiger partial charge in [0.15, 0.2) is 0 Å². The van der Waals surface area contributed by atoms with E-state index < -0.39 is 14.8 Å². The van der Waals surface area contributed by atoms with Crippen molar-refractivity contribution in [2.24, 2.45) is 0 Å². The lowest BCUT2D eigenvalue weighted by molar-refractivity contribution is -0.138. The van der Waals surface area contributed by atoms with Crippen molar-refractivity contribution < 1.29 is 22.8 Å². The first kappa shape index (κ1) is 16.3. The maximum absolute atomic E-state index is 10.8. The molecular weight excluding hydrogens is 240 g/mol. The molecule has 1 atom stereocenters. The number of hydrogen-bond acceptors (Lipinski definition) is 5. The first-order chi connectivity index (χ1) is 7.97. The van der Waals surface area contributed by atoms with E-state index in [0.717, 1.165) is 18.9 Å². The van der Waals surface area contributed by atoms with Gasteiger partial charge in [-0.15, -0.1) is 0 Å². The third kappa shape index (κ3) is 7.27. The van der Waals surface area contributed by atoms with Gasteiger partial charge in [-0.2, -0.15) is 0 Å². The van der Waals surface area contributed by atoms with E-state index in [1.165, 1.54) is 0 Å². The topological polar surface area (TPSA) is 54.0 Å². The summed E-state index contributed by atoms with van der Waals surface area (Å²) < 4.78 is 21.0. The highest BCUT2D eigenvalue weighted by Crippen LogP contribution is 2.13. The summed E-state index contributed by atoms with van der Waals surface area (Å²) in [4.78, 5) is 10.8. The van der Waals surface area contributed by atoms with E-state index in [2.05, 4.69) is 6.58 Å². The molecule has 0 aromatic rings. The van der Waals surface area contributed by atoms with Crippen LogP contribution in [0.4, 0.5) is 0 Å². The van der Waals surface area contributed by atoms with Crippen LogP contribution in [0.3, 0.4) is 0 Å². The molecule has 5 nitrogen and oxygen atoms in total.